The zero-order valence-corrected chi connectivity index (χ0v) is 27.4. The molecule has 0 aromatic heterocycles. The van der Waals surface area contributed by atoms with Gasteiger partial charge in [-0.1, -0.05) is 12.1 Å². The molecule has 4 amide bonds. The molecule has 0 spiro atoms. The minimum atomic E-state index is -1.21. The number of carboxylic acid groups (broad SMARTS) is 1. The Kier molecular flexibility index (Phi) is 19.9. The first kappa shape index (κ1) is 40.0. The number of hydrogen-bond donors (Lipinski definition) is 10. The minimum Gasteiger partial charge on any atom is -0.508 e. The van der Waals surface area contributed by atoms with E-state index in [1.807, 2.05) is 6.26 Å². The third-order valence-corrected chi connectivity index (χ3v) is 7.96. The van der Waals surface area contributed by atoms with Crippen molar-refractivity contribution in [3.05, 3.63) is 29.8 Å². The third kappa shape index (κ3) is 15.7. The summed E-state index contributed by atoms with van der Waals surface area (Å²) in [6.07, 6.45) is 4.57. The molecule has 45 heavy (non-hydrogen) atoms. The van der Waals surface area contributed by atoms with Crippen molar-refractivity contribution in [2.24, 2.45) is 17.2 Å². The average Bonchev–Trinajstić information content (AvgIpc) is 3.01. The summed E-state index contributed by atoms with van der Waals surface area (Å²) >= 11 is 5.51. The van der Waals surface area contributed by atoms with Gasteiger partial charge in [0.15, 0.2) is 0 Å². The van der Waals surface area contributed by atoms with Crippen LogP contribution in [0.5, 0.6) is 5.75 Å². The van der Waals surface area contributed by atoms with Gasteiger partial charge < -0.3 is 48.7 Å². The SMILES string of the molecule is CSCC[C@H](NC(=O)[C@@H](N)CS)C(=O)N[C@@H](Cc1ccc(O)cc1)C(=O)N[C@@H](CCCCN)C(=O)N[C@@H](CCCCN)C(=O)O. The second-order valence-corrected chi connectivity index (χ2v) is 11.9. The van der Waals surface area contributed by atoms with Gasteiger partial charge in [0, 0.05) is 12.2 Å². The molecular formula is C29H49N7O7S2. The summed E-state index contributed by atoms with van der Waals surface area (Å²) in [6, 6.07) is 0.633. The summed E-state index contributed by atoms with van der Waals surface area (Å²) in [7, 11) is 0. The molecule has 0 radical (unpaired) electrons. The van der Waals surface area contributed by atoms with Gasteiger partial charge in [0.25, 0.3) is 0 Å². The van der Waals surface area contributed by atoms with E-state index in [2.05, 4.69) is 33.9 Å². The number of thiol groups is 1. The van der Waals surface area contributed by atoms with E-state index in [0.29, 0.717) is 50.1 Å². The van der Waals surface area contributed by atoms with Gasteiger partial charge in [-0.05, 0) is 87.7 Å². The van der Waals surface area contributed by atoms with Crippen LogP contribution in [0.4, 0.5) is 0 Å². The van der Waals surface area contributed by atoms with E-state index in [1.54, 1.807) is 12.1 Å². The number of aliphatic carboxylic acids is 1. The Labute approximate surface area is 274 Å². The largest absolute Gasteiger partial charge is 0.508 e. The summed E-state index contributed by atoms with van der Waals surface area (Å²) in [4.78, 5) is 64.7. The highest BCUT2D eigenvalue weighted by molar-refractivity contribution is 7.98. The lowest BCUT2D eigenvalue weighted by atomic mass is 10.0. The van der Waals surface area contributed by atoms with Crippen molar-refractivity contribution in [3.8, 4) is 5.75 Å². The molecule has 1 aromatic rings. The van der Waals surface area contributed by atoms with E-state index >= 15 is 0 Å². The number of nitrogens with two attached hydrogens (primary N) is 3. The van der Waals surface area contributed by atoms with E-state index in [4.69, 9.17) is 17.2 Å². The molecule has 0 saturated heterocycles. The van der Waals surface area contributed by atoms with Crippen molar-refractivity contribution < 1.29 is 34.2 Å². The van der Waals surface area contributed by atoms with Crippen LogP contribution in [-0.2, 0) is 30.4 Å². The second kappa shape index (κ2) is 22.5. The number of unbranched alkanes of at least 4 members (excludes halogenated alkanes) is 2. The summed E-state index contributed by atoms with van der Waals surface area (Å²) in [6.45, 7) is 0.745. The van der Waals surface area contributed by atoms with Crippen LogP contribution in [0.25, 0.3) is 0 Å². The molecule has 0 unspecified atom stereocenters. The van der Waals surface area contributed by atoms with E-state index in [-0.39, 0.29) is 37.2 Å². The van der Waals surface area contributed by atoms with Gasteiger partial charge in [-0.3, -0.25) is 19.2 Å². The van der Waals surface area contributed by atoms with Crippen LogP contribution >= 0.6 is 24.4 Å². The number of carbonyl (C=O) groups is 5. The van der Waals surface area contributed by atoms with Gasteiger partial charge in [-0.2, -0.15) is 24.4 Å². The van der Waals surface area contributed by atoms with Crippen LogP contribution in [0.15, 0.2) is 24.3 Å². The highest BCUT2D eigenvalue weighted by atomic mass is 32.2. The Morgan fingerprint density at radius 2 is 1.22 bits per heavy atom. The Morgan fingerprint density at radius 1 is 0.756 bits per heavy atom. The molecule has 0 aliphatic rings. The molecule has 0 heterocycles. The first-order valence-electron chi connectivity index (χ1n) is 14.9. The number of carbonyl (C=O) groups excluding carboxylic acids is 4. The van der Waals surface area contributed by atoms with Crippen molar-refractivity contribution in [1.82, 2.24) is 21.3 Å². The standard InChI is InChI=1S/C29H49N7O7S2/c1-45-15-12-22(33-25(38)20(32)17-44)27(40)36-24(16-18-8-10-19(37)11-9-18)28(41)34-21(6-2-4-13-30)26(39)35-23(29(42)43)7-3-5-14-31/h8-11,20-24,37,44H,2-7,12-17,30-32H2,1H3,(H,33,38)(H,34,41)(H,35,39)(H,36,40)(H,42,43)/t20-,21-,22-,23-,24-/m0/s1. The van der Waals surface area contributed by atoms with Crippen LogP contribution in [0.1, 0.15) is 50.5 Å². The molecule has 0 bridgehead atoms. The number of carboxylic acids is 1. The highest BCUT2D eigenvalue weighted by Gasteiger charge is 2.31. The number of amides is 4. The van der Waals surface area contributed by atoms with Crippen LogP contribution in [0, 0.1) is 0 Å². The van der Waals surface area contributed by atoms with Gasteiger partial charge >= 0.3 is 5.97 Å². The first-order valence-corrected chi connectivity index (χ1v) is 17.0. The van der Waals surface area contributed by atoms with Gasteiger partial charge in [-0.25, -0.2) is 4.79 Å². The number of rotatable bonds is 23. The molecule has 0 fully saturated rings. The highest BCUT2D eigenvalue weighted by Crippen LogP contribution is 2.13. The fourth-order valence-electron chi connectivity index (χ4n) is 4.27. The minimum absolute atomic E-state index is 0.00875. The predicted molar refractivity (Wildman–Crippen MR) is 178 cm³/mol. The lowest BCUT2D eigenvalue weighted by Gasteiger charge is -2.26. The lowest BCUT2D eigenvalue weighted by molar-refractivity contribution is -0.142. The number of nitrogens with one attached hydrogen (secondary N) is 4. The molecule has 0 aliphatic heterocycles. The van der Waals surface area contributed by atoms with E-state index in [1.165, 1.54) is 23.9 Å². The van der Waals surface area contributed by atoms with Crippen LogP contribution < -0.4 is 38.5 Å². The number of phenolic OH excluding ortho intramolecular Hbond substituents is 1. The second-order valence-electron chi connectivity index (χ2n) is 10.6. The lowest BCUT2D eigenvalue weighted by Crippen LogP contribution is -2.59. The number of phenols is 1. The Balaban J connectivity index is 3.27. The fraction of sp³-hybridized carbons (Fsp3) is 0.621. The van der Waals surface area contributed by atoms with Crippen molar-refractivity contribution in [1.29, 1.82) is 0 Å². The van der Waals surface area contributed by atoms with E-state index in [9.17, 15) is 34.2 Å². The van der Waals surface area contributed by atoms with Gasteiger partial charge in [-0.15, -0.1) is 0 Å². The summed E-state index contributed by atoms with van der Waals surface area (Å²) in [5, 5.41) is 29.9. The smallest absolute Gasteiger partial charge is 0.326 e. The molecule has 1 rings (SSSR count). The quantitative estimate of drug-likeness (QED) is 0.0511. The van der Waals surface area contributed by atoms with Crippen LogP contribution in [0.2, 0.25) is 0 Å². The molecule has 0 aliphatic carbocycles. The number of benzene rings is 1. The van der Waals surface area contributed by atoms with Crippen molar-refractivity contribution in [2.75, 3.05) is 30.9 Å². The fourth-order valence-corrected chi connectivity index (χ4v) is 4.91. The third-order valence-electron chi connectivity index (χ3n) is 6.93. The van der Waals surface area contributed by atoms with Gasteiger partial charge in [0.05, 0.1) is 6.04 Å². The average molecular weight is 672 g/mol. The molecule has 0 saturated carbocycles. The van der Waals surface area contributed by atoms with Crippen molar-refractivity contribution in [2.45, 2.75) is 81.6 Å². The molecular weight excluding hydrogens is 622 g/mol. The molecule has 14 nitrogen and oxygen atoms in total. The van der Waals surface area contributed by atoms with Crippen molar-refractivity contribution in [3.63, 3.8) is 0 Å². The summed E-state index contributed by atoms with van der Waals surface area (Å²) in [5.41, 5.74) is 17.5. The monoisotopic (exact) mass is 671 g/mol. The normalized spacial score (nSPS) is 14.3. The van der Waals surface area contributed by atoms with Crippen LogP contribution in [0.3, 0.4) is 0 Å². The van der Waals surface area contributed by atoms with Gasteiger partial charge in [0.2, 0.25) is 23.6 Å². The number of hydrogen-bond acceptors (Lipinski definition) is 11. The maximum absolute atomic E-state index is 13.7. The topological polar surface area (TPSA) is 252 Å². The first-order chi connectivity index (χ1) is 21.5. The summed E-state index contributed by atoms with van der Waals surface area (Å²) < 4.78 is 0. The Morgan fingerprint density at radius 3 is 1.73 bits per heavy atom. The van der Waals surface area contributed by atoms with Crippen LogP contribution in [-0.4, -0.2) is 101 Å². The van der Waals surface area contributed by atoms with Gasteiger partial charge in [0.1, 0.15) is 29.9 Å². The zero-order valence-electron chi connectivity index (χ0n) is 25.7. The van der Waals surface area contributed by atoms with E-state index < -0.39 is 59.8 Å². The Bertz CT molecular complexity index is 1080. The maximum Gasteiger partial charge on any atom is 0.326 e. The molecule has 12 N–H and O–H groups in total. The number of thioether (sulfide) groups is 1. The molecule has 254 valence electrons. The predicted octanol–water partition coefficient (Wildman–Crippen LogP) is -0.773. The summed E-state index contributed by atoms with van der Waals surface area (Å²) in [5.74, 6) is -3.16. The van der Waals surface area contributed by atoms with Crippen molar-refractivity contribution >= 4 is 54.0 Å². The maximum atomic E-state index is 13.7. The van der Waals surface area contributed by atoms with E-state index in [0.717, 1.165) is 0 Å². The molecule has 16 heteroatoms. The molecule has 5 atom stereocenters. The number of aromatic hydroxyl groups is 1. The Hall–Kier alpha value is -3.05. The molecule has 1 aromatic carbocycles. The zero-order chi connectivity index (χ0) is 33.8.